The molecule has 0 amide bonds. The molecule has 1 unspecified atom stereocenters. The van der Waals surface area contributed by atoms with Gasteiger partial charge in [-0.25, -0.2) is 4.39 Å². The van der Waals surface area contributed by atoms with Crippen LogP contribution in [0.5, 0.6) is 11.5 Å². The molecule has 0 saturated heterocycles. The summed E-state index contributed by atoms with van der Waals surface area (Å²) in [6, 6.07) is 8.38. The molecule has 2 rings (SSSR count). The fourth-order valence-electron chi connectivity index (χ4n) is 2.10. The quantitative estimate of drug-likeness (QED) is 0.724. The number of ether oxygens (including phenoxy) is 2. The van der Waals surface area contributed by atoms with Gasteiger partial charge in [0.1, 0.15) is 5.82 Å². The Morgan fingerprint density at radius 1 is 1.05 bits per heavy atom. The monoisotopic (exact) mass is 328 g/mol. The third-order valence-corrected chi connectivity index (χ3v) is 4.07. The van der Waals surface area contributed by atoms with Crippen molar-refractivity contribution in [3.8, 4) is 11.5 Å². The van der Waals surface area contributed by atoms with Crippen LogP contribution >= 0.6 is 23.2 Å². The van der Waals surface area contributed by atoms with E-state index in [9.17, 15) is 4.39 Å². The van der Waals surface area contributed by atoms with E-state index in [1.54, 1.807) is 37.3 Å². The van der Waals surface area contributed by atoms with E-state index in [0.717, 1.165) is 0 Å². The minimum absolute atomic E-state index is 0.330. The van der Waals surface area contributed by atoms with Gasteiger partial charge in [0.05, 0.1) is 19.6 Å². The molecule has 0 bridgehead atoms. The van der Waals surface area contributed by atoms with Gasteiger partial charge in [-0.05, 0) is 24.1 Å². The highest BCUT2D eigenvalue weighted by Gasteiger charge is 2.21. The van der Waals surface area contributed by atoms with Crippen LogP contribution in [0, 0.1) is 12.7 Å². The second kappa shape index (κ2) is 6.54. The maximum Gasteiger partial charge on any atom is 0.162 e. The Morgan fingerprint density at radius 3 is 2.29 bits per heavy atom. The van der Waals surface area contributed by atoms with Crippen molar-refractivity contribution >= 4 is 23.2 Å². The van der Waals surface area contributed by atoms with E-state index in [4.69, 9.17) is 32.7 Å². The van der Waals surface area contributed by atoms with Gasteiger partial charge in [-0.2, -0.15) is 0 Å². The average molecular weight is 329 g/mol. The molecular weight excluding hydrogens is 314 g/mol. The summed E-state index contributed by atoms with van der Waals surface area (Å²) in [4.78, 5) is 0. The van der Waals surface area contributed by atoms with E-state index >= 15 is 0 Å². The Bertz CT molecular complexity index is 659. The first-order valence-electron chi connectivity index (χ1n) is 6.30. The molecule has 0 saturated carbocycles. The van der Waals surface area contributed by atoms with E-state index in [1.807, 2.05) is 0 Å². The van der Waals surface area contributed by atoms with Gasteiger partial charge in [0.15, 0.2) is 11.5 Å². The fraction of sp³-hybridized carbons (Fsp3) is 0.250. The molecule has 0 heterocycles. The molecule has 112 valence electrons. The highest BCUT2D eigenvalue weighted by Crippen LogP contribution is 2.41. The molecule has 0 aliphatic carbocycles. The van der Waals surface area contributed by atoms with E-state index in [2.05, 4.69) is 0 Å². The molecule has 2 aromatic carbocycles. The van der Waals surface area contributed by atoms with Crippen molar-refractivity contribution in [3.05, 3.63) is 57.9 Å². The predicted molar refractivity (Wildman–Crippen MR) is 83.4 cm³/mol. The fourth-order valence-corrected chi connectivity index (χ4v) is 2.77. The van der Waals surface area contributed by atoms with Crippen molar-refractivity contribution in [2.45, 2.75) is 12.3 Å². The SMILES string of the molecule is COc1cc(Cl)c(C(Cl)c2cccc(C)c2F)cc1OC. The molecule has 21 heavy (non-hydrogen) atoms. The van der Waals surface area contributed by atoms with Crippen LogP contribution in [0.4, 0.5) is 4.39 Å². The van der Waals surface area contributed by atoms with Crippen molar-refractivity contribution in [1.29, 1.82) is 0 Å². The van der Waals surface area contributed by atoms with Crippen LogP contribution in [-0.2, 0) is 0 Å². The van der Waals surface area contributed by atoms with Gasteiger partial charge in [0.25, 0.3) is 0 Å². The first-order chi connectivity index (χ1) is 9.99. The molecule has 0 aliphatic heterocycles. The molecule has 0 spiro atoms. The van der Waals surface area contributed by atoms with Gasteiger partial charge in [0.2, 0.25) is 0 Å². The molecular formula is C16H15Cl2FO2. The van der Waals surface area contributed by atoms with Crippen LogP contribution in [0.2, 0.25) is 5.02 Å². The van der Waals surface area contributed by atoms with Crippen LogP contribution in [0.1, 0.15) is 22.1 Å². The maximum atomic E-state index is 14.2. The molecule has 2 aromatic rings. The number of hydrogen-bond acceptors (Lipinski definition) is 2. The Kier molecular flexibility index (Phi) is 4.96. The Labute approximate surface area is 133 Å². The smallest absolute Gasteiger partial charge is 0.162 e. The summed E-state index contributed by atoms with van der Waals surface area (Å²) in [5.74, 6) is 0.666. The molecule has 0 aromatic heterocycles. The van der Waals surface area contributed by atoms with Gasteiger partial charge >= 0.3 is 0 Å². The van der Waals surface area contributed by atoms with Gasteiger partial charge in [-0.3, -0.25) is 0 Å². The van der Waals surface area contributed by atoms with E-state index in [0.29, 0.717) is 33.2 Å². The lowest BCUT2D eigenvalue weighted by Gasteiger charge is -2.17. The van der Waals surface area contributed by atoms with Crippen molar-refractivity contribution in [1.82, 2.24) is 0 Å². The maximum absolute atomic E-state index is 14.2. The van der Waals surface area contributed by atoms with Crippen molar-refractivity contribution < 1.29 is 13.9 Å². The largest absolute Gasteiger partial charge is 0.493 e. The number of hydrogen-bond donors (Lipinski definition) is 0. The lowest BCUT2D eigenvalue weighted by Crippen LogP contribution is -2.01. The lowest BCUT2D eigenvalue weighted by molar-refractivity contribution is 0.354. The number of aryl methyl sites for hydroxylation is 1. The molecule has 5 heteroatoms. The molecule has 0 N–H and O–H groups in total. The number of alkyl halides is 1. The van der Waals surface area contributed by atoms with Gasteiger partial charge in [-0.15, -0.1) is 11.6 Å². The highest BCUT2D eigenvalue weighted by molar-refractivity contribution is 6.33. The first kappa shape index (κ1) is 15.9. The lowest BCUT2D eigenvalue weighted by atomic mass is 10.0. The number of rotatable bonds is 4. The van der Waals surface area contributed by atoms with Gasteiger partial charge in [0, 0.05) is 16.7 Å². The van der Waals surface area contributed by atoms with Crippen LogP contribution < -0.4 is 9.47 Å². The summed E-state index contributed by atoms with van der Waals surface area (Å²) in [7, 11) is 3.04. The summed E-state index contributed by atoms with van der Waals surface area (Å²) >= 11 is 12.6. The third kappa shape index (κ3) is 3.09. The van der Waals surface area contributed by atoms with E-state index in [-0.39, 0.29) is 5.82 Å². The van der Waals surface area contributed by atoms with Crippen LogP contribution in [0.15, 0.2) is 30.3 Å². The van der Waals surface area contributed by atoms with Crippen LogP contribution in [0.25, 0.3) is 0 Å². The summed E-state index contributed by atoms with van der Waals surface area (Å²) < 4.78 is 24.6. The van der Waals surface area contributed by atoms with Crippen molar-refractivity contribution in [2.75, 3.05) is 14.2 Å². The normalized spacial score (nSPS) is 12.1. The van der Waals surface area contributed by atoms with E-state index in [1.165, 1.54) is 14.2 Å². The summed E-state index contributed by atoms with van der Waals surface area (Å²) in [5, 5.41) is -0.314. The van der Waals surface area contributed by atoms with Crippen molar-refractivity contribution in [2.24, 2.45) is 0 Å². The van der Waals surface area contributed by atoms with Gasteiger partial charge in [-0.1, -0.05) is 29.8 Å². The minimum Gasteiger partial charge on any atom is -0.493 e. The predicted octanol–water partition coefficient (Wildman–Crippen LogP) is 5.13. The van der Waals surface area contributed by atoms with E-state index < -0.39 is 5.38 Å². The number of benzene rings is 2. The molecule has 0 radical (unpaired) electrons. The van der Waals surface area contributed by atoms with Crippen LogP contribution in [0.3, 0.4) is 0 Å². The zero-order valence-electron chi connectivity index (χ0n) is 11.9. The summed E-state index contributed by atoms with van der Waals surface area (Å²) in [6.07, 6.45) is 0. The minimum atomic E-state index is -0.711. The Morgan fingerprint density at radius 2 is 1.67 bits per heavy atom. The zero-order valence-corrected chi connectivity index (χ0v) is 13.4. The zero-order chi connectivity index (χ0) is 15.6. The highest BCUT2D eigenvalue weighted by atomic mass is 35.5. The Hall–Kier alpha value is -1.45. The Balaban J connectivity index is 2.53. The summed E-state index contributed by atoms with van der Waals surface area (Å²) in [6.45, 7) is 1.69. The molecule has 1 atom stereocenters. The molecule has 2 nitrogen and oxygen atoms in total. The average Bonchev–Trinajstić information content (AvgIpc) is 2.49. The second-order valence-corrected chi connectivity index (χ2v) is 5.41. The second-order valence-electron chi connectivity index (χ2n) is 4.57. The number of halogens is 3. The van der Waals surface area contributed by atoms with Crippen LogP contribution in [-0.4, -0.2) is 14.2 Å². The van der Waals surface area contributed by atoms with Crippen molar-refractivity contribution in [3.63, 3.8) is 0 Å². The topological polar surface area (TPSA) is 18.5 Å². The molecule has 0 aliphatic rings. The molecule has 0 fully saturated rings. The van der Waals surface area contributed by atoms with Gasteiger partial charge < -0.3 is 9.47 Å². The number of methoxy groups -OCH3 is 2. The third-order valence-electron chi connectivity index (χ3n) is 3.27. The summed E-state index contributed by atoms with van der Waals surface area (Å²) in [5.41, 5.74) is 1.49. The first-order valence-corrected chi connectivity index (χ1v) is 7.11. The standard InChI is InChI=1S/C16H15Cl2FO2/c1-9-5-4-6-10(16(9)19)15(18)11-7-13(20-2)14(21-3)8-12(11)17/h4-8,15H,1-3H3.